The number of benzene rings is 1. The Labute approximate surface area is 88.2 Å². The number of nitrogens with one attached hydrogen (secondary N) is 2. The lowest BCUT2D eigenvalue weighted by Crippen LogP contribution is -2.40. The number of anilines is 1. The quantitative estimate of drug-likeness (QED) is 0.624. The van der Waals surface area contributed by atoms with Gasteiger partial charge in [-0.15, -0.1) is 0 Å². The van der Waals surface area contributed by atoms with Crippen LogP contribution in [-0.4, -0.2) is 18.0 Å². The number of hydrogen-bond acceptors (Lipinski definition) is 2. The van der Waals surface area contributed by atoms with Gasteiger partial charge in [-0.1, -0.05) is 24.3 Å². The molecule has 3 nitrogen and oxygen atoms in total. The Morgan fingerprint density at radius 3 is 3.00 bits per heavy atom. The number of carbonyl (C=O) groups excluding carboxylic acids is 1. The fourth-order valence-electron chi connectivity index (χ4n) is 2.18. The highest BCUT2D eigenvalue weighted by Gasteiger charge is 2.29. The number of para-hydroxylation sites is 1. The Hall–Kier alpha value is -1.77. The van der Waals surface area contributed by atoms with Crippen LogP contribution in [0.25, 0.3) is 0 Å². The van der Waals surface area contributed by atoms with Gasteiger partial charge in [0.2, 0.25) is 0 Å². The van der Waals surface area contributed by atoms with Gasteiger partial charge in [-0.25, -0.2) is 0 Å². The van der Waals surface area contributed by atoms with E-state index < -0.39 is 0 Å². The molecule has 15 heavy (non-hydrogen) atoms. The Balaban J connectivity index is 2.05. The fraction of sp³-hybridized carbons (Fsp3) is 0.250. The van der Waals surface area contributed by atoms with Gasteiger partial charge in [0, 0.05) is 5.69 Å². The highest BCUT2D eigenvalue weighted by atomic mass is 16.1. The number of fused-ring (bicyclic) bond motifs is 2. The molecule has 0 saturated heterocycles. The van der Waals surface area contributed by atoms with Gasteiger partial charge in [-0.3, -0.25) is 4.79 Å². The molecular weight excluding hydrogens is 188 g/mol. The third kappa shape index (κ3) is 1.31. The molecule has 76 valence electrons. The van der Waals surface area contributed by atoms with Crippen molar-refractivity contribution in [3.63, 3.8) is 0 Å². The van der Waals surface area contributed by atoms with Crippen LogP contribution in [0, 0.1) is 0 Å². The van der Waals surface area contributed by atoms with Crippen molar-refractivity contribution < 1.29 is 4.79 Å². The summed E-state index contributed by atoms with van der Waals surface area (Å²) in [6.07, 6.45) is 5.14. The van der Waals surface area contributed by atoms with E-state index in [-0.39, 0.29) is 18.0 Å². The standard InChI is InChI=1S/C12H12N2O/c15-12-8-4-1-2-5-9(8)13-10-6-3-7-11(10)14-12/h1-6,10-11,13H,7H2,(H,14,15)/t10-,11+/m1/s1. The number of carbonyl (C=O) groups is 1. The molecule has 1 aromatic carbocycles. The Morgan fingerprint density at radius 2 is 2.07 bits per heavy atom. The zero-order valence-electron chi connectivity index (χ0n) is 8.23. The summed E-state index contributed by atoms with van der Waals surface area (Å²) in [6.45, 7) is 0. The molecular formula is C12H12N2O. The van der Waals surface area contributed by atoms with Crippen molar-refractivity contribution >= 4 is 11.6 Å². The van der Waals surface area contributed by atoms with Gasteiger partial charge < -0.3 is 10.6 Å². The molecule has 1 heterocycles. The second kappa shape index (κ2) is 3.12. The van der Waals surface area contributed by atoms with Gasteiger partial charge in [0.1, 0.15) is 0 Å². The predicted molar refractivity (Wildman–Crippen MR) is 58.9 cm³/mol. The monoisotopic (exact) mass is 200 g/mol. The highest BCUT2D eigenvalue weighted by Crippen LogP contribution is 2.24. The number of rotatable bonds is 0. The normalized spacial score (nSPS) is 27.3. The summed E-state index contributed by atoms with van der Waals surface area (Å²) in [5.74, 6) is 0.0225. The fourth-order valence-corrected chi connectivity index (χ4v) is 2.18. The third-order valence-electron chi connectivity index (χ3n) is 2.98. The van der Waals surface area contributed by atoms with Gasteiger partial charge in [-0.2, -0.15) is 0 Å². The van der Waals surface area contributed by atoms with E-state index in [0.29, 0.717) is 0 Å². The van der Waals surface area contributed by atoms with E-state index in [9.17, 15) is 4.79 Å². The second-order valence-electron chi connectivity index (χ2n) is 3.96. The minimum absolute atomic E-state index is 0.0225. The number of amides is 1. The highest BCUT2D eigenvalue weighted by molar-refractivity contribution is 6.00. The Morgan fingerprint density at radius 1 is 1.20 bits per heavy atom. The first-order valence-corrected chi connectivity index (χ1v) is 5.18. The summed E-state index contributed by atoms with van der Waals surface area (Å²) < 4.78 is 0. The molecule has 3 rings (SSSR count). The van der Waals surface area contributed by atoms with E-state index in [1.807, 2.05) is 24.3 Å². The van der Waals surface area contributed by atoms with Gasteiger partial charge in [0.15, 0.2) is 0 Å². The molecule has 0 fully saturated rings. The first-order chi connectivity index (χ1) is 7.34. The van der Waals surface area contributed by atoms with Crippen LogP contribution in [0.4, 0.5) is 5.69 Å². The van der Waals surface area contributed by atoms with Gasteiger partial charge in [0.25, 0.3) is 5.91 Å². The molecule has 2 N–H and O–H groups in total. The van der Waals surface area contributed by atoms with Crippen molar-refractivity contribution in [2.45, 2.75) is 18.5 Å². The van der Waals surface area contributed by atoms with Gasteiger partial charge in [-0.05, 0) is 18.6 Å². The molecule has 0 bridgehead atoms. The van der Waals surface area contributed by atoms with Crippen molar-refractivity contribution in [1.82, 2.24) is 5.32 Å². The van der Waals surface area contributed by atoms with E-state index in [1.165, 1.54) is 0 Å². The van der Waals surface area contributed by atoms with Crippen LogP contribution in [0.3, 0.4) is 0 Å². The molecule has 0 spiro atoms. The van der Waals surface area contributed by atoms with E-state index >= 15 is 0 Å². The molecule has 2 atom stereocenters. The van der Waals surface area contributed by atoms with Crippen LogP contribution in [-0.2, 0) is 0 Å². The topological polar surface area (TPSA) is 41.1 Å². The first-order valence-electron chi connectivity index (χ1n) is 5.18. The Kier molecular flexibility index (Phi) is 1.78. The molecule has 2 aliphatic rings. The van der Waals surface area contributed by atoms with Crippen LogP contribution < -0.4 is 10.6 Å². The molecule has 0 unspecified atom stereocenters. The lowest BCUT2D eigenvalue weighted by Gasteiger charge is -2.18. The summed E-state index contributed by atoms with van der Waals surface area (Å²) in [7, 11) is 0. The lowest BCUT2D eigenvalue weighted by molar-refractivity contribution is 0.0941. The van der Waals surface area contributed by atoms with E-state index in [0.717, 1.165) is 17.7 Å². The minimum atomic E-state index is 0.0225. The van der Waals surface area contributed by atoms with Gasteiger partial charge in [0.05, 0.1) is 17.6 Å². The van der Waals surface area contributed by atoms with E-state index in [2.05, 4.69) is 22.8 Å². The third-order valence-corrected chi connectivity index (χ3v) is 2.98. The van der Waals surface area contributed by atoms with Crippen molar-refractivity contribution in [3.8, 4) is 0 Å². The zero-order valence-corrected chi connectivity index (χ0v) is 8.23. The molecule has 0 saturated carbocycles. The largest absolute Gasteiger partial charge is 0.376 e. The van der Waals surface area contributed by atoms with Crippen molar-refractivity contribution in [2.24, 2.45) is 0 Å². The summed E-state index contributed by atoms with van der Waals surface area (Å²) >= 11 is 0. The Bertz CT molecular complexity index is 439. The maximum Gasteiger partial charge on any atom is 0.253 e. The maximum atomic E-state index is 11.9. The van der Waals surface area contributed by atoms with Crippen molar-refractivity contribution in [2.75, 3.05) is 5.32 Å². The average Bonchev–Trinajstić information content (AvgIpc) is 2.61. The zero-order chi connectivity index (χ0) is 10.3. The van der Waals surface area contributed by atoms with E-state index in [4.69, 9.17) is 0 Å². The lowest BCUT2D eigenvalue weighted by atomic mass is 10.1. The summed E-state index contributed by atoms with van der Waals surface area (Å²) in [6, 6.07) is 8.06. The maximum absolute atomic E-state index is 11.9. The molecule has 0 radical (unpaired) electrons. The summed E-state index contributed by atoms with van der Waals surface area (Å²) in [4.78, 5) is 11.9. The van der Waals surface area contributed by atoms with Crippen LogP contribution in [0.15, 0.2) is 36.4 Å². The van der Waals surface area contributed by atoms with Crippen LogP contribution in [0.1, 0.15) is 16.8 Å². The summed E-state index contributed by atoms with van der Waals surface area (Å²) in [5.41, 5.74) is 1.66. The molecule has 1 aromatic rings. The van der Waals surface area contributed by atoms with Crippen LogP contribution in [0.5, 0.6) is 0 Å². The number of hydrogen-bond donors (Lipinski definition) is 2. The summed E-state index contributed by atoms with van der Waals surface area (Å²) in [5, 5.41) is 6.41. The molecule has 3 heteroatoms. The molecule has 1 amide bonds. The van der Waals surface area contributed by atoms with Crippen molar-refractivity contribution in [1.29, 1.82) is 0 Å². The molecule has 1 aliphatic heterocycles. The van der Waals surface area contributed by atoms with Crippen LogP contribution >= 0.6 is 0 Å². The van der Waals surface area contributed by atoms with Crippen LogP contribution in [0.2, 0.25) is 0 Å². The smallest absolute Gasteiger partial charge is 0.253 e. The molecule has 1 aliphatic carbocycles. The first kappa shape index (κ1) is 8.53. The predicted octanol–water partition coefficient (Wildman–Crippen LogP) is 1.54. The van der Waals surface area contributed by atoms with Gasteiger partial charge >= 0.3 is 0 Å². The average molecular weight is 200 g/mol. The second-order valence-corrected chi connectivity index (χ2v) is 3.96. The molecule has 0 aromatic heterocycles. The van der Waals surface area contributed by atoms with E-state index in [1.54, 1.807) is 0 Å². The van der Waals surface area contributed by atoms with Crippen molar-refractivity contribution in [3.05, 3.63) is 42.0 Å². The SMILES string of the molecule is O=C1N[C@H]2CC=C[C@H]2Nc2ccccc21. The minimum Gasteiger partial charge on any atom is -0.376 e.